The van der Waals surface area contributed by atoms with Gasteiger partial charge in [-0.25, -0.2) is 4.39 Å². The van der Waals surface area contributed by atoms with E-state index in [4.69, 9.17) is 0 Å². The smallest absolute Gasteiger partial charge is 0.224 e. The molecule has 4 nitrogen and oxygen atoms in total. The molecule has 0 unspecified atom stereocenters. The van der Waals surface area contributed by atoms with Crippen molar-refractivity contribution in [2.45, 2.75) is 33.1 Å². The van der Waals surface area contributed by atoms with Gasteiger partial charge in [0.15, 0.2) is 0 Å². The Labute approximate surface area is 170 Å². The Morgan fingerprint density at radius 3 is 2.69 bits per heavy atom. The molecule has 0 atom stereocenters. The summed E-state index contributed by atoms with van der Waals surface area (Å²) in [6, 6.07) is 10.6. The van der Waals surface area contributed by atoms with Gasteiger partial charge >= 0.3 is 0 Å². The van der Waals surface area contributed by atoms with Gasteiger partial charge < -0.3 is 10.2 Å². The van der Waals surface area contributed by atoms with Crippen LogP contribution in [0.3, 0.4) is 0 Å². The van der Waals surface area contributed by atoms with Crippen molar-refractivity contribution >= 4 is 23.6 Å². The van der Waals surface area contributed by atoms with Crippen LogP contribution in [0.5, 0.6) is 0 Å². The number of aryl methyl sites for hydroxylation is 1. The number of fused-ring (bicyclic) bond motifs is 1. The van der Waals surface area contributed by atoms with Gasteiger partial charge in [-0.3, -0.25) is 9.59 Å². The van der Waals surface area contributed by atoms with Crippen LogP contribution in [-0.2, 0) is 22.4 Å². The van der Waals surface area contributed by atoms with E-state index >= 15 is 0 Å². The monoisotopic (exact) mass is 392 g/mol. The Morgan fingerprint density at radius 1 is 1.21 bits per heavy atom. The predicted molar refractivity (Wildman–Crippen MR) is 114 cm³/mol. The van der Waals surface area contributed by atoms with Gasteiger partial charge in [0.1, 0.15) is 5.82 Å². The summed E-state index contributed by atoms with van der Waals surface area (Å²) in [4.78, 5) is 24.5. The summed E-state index contributed by atoms with van der Waals surface area (Å²) in [7, 11) is 1.69. The first kappa shape index (κ1) is 20.5. The zero-order valence-electron chi connectivity index (χ0n) is 17.0. The second-order valence-electron chi connectivity index (χ2n) is 7.60. The number of carbonyl (C=O) groups is 2. The van der Waals surface area contributed by atoms with Gasteiger partial charge in [-0.15, -0.1) is 0 Å². The maximum Gasteiger partial charge on any atom is 0.224 e. The molecular weight excluding hydrogens is 367 g/mol. The summed E-state index contributed by atoms with van der Waals surface area (Å²) in [5.74, 6) is -0.279. The number of nitrogens with zero attached hydrogens (tertiary/aromatic N) is 1. The topological polar surface area (TPSA) is 49.4 Å². The number of carbonyl (C=O) groups excluding carboxylic acids is 2. The molecule has 1 aliphatic heterocycles. The molecule has 0 saturated heterocycles. The molecule has 0 saturated carbocycles. The third kappa shape index (κ3) is 5.19. The third-order valence-electron chi connectivity index (χ3n) is 4.77. The lowest BCUT2D eigenvalue weighted by molar-refractivity contribution is -0.116. The van der Waals surface area contributed by atoms with Crippen molar-refractivity contribution in [2.24, 2.45) is 0 Å². The normalized spacial score (nSPS) is 13.4. The highest BCUT2D eigenvalue weighted by Crippen LogP contribution is 2.32. The van der Waals surface area contributed by atoms with Crippen LogP contribution in [0, 0.1) is 5.82 Å². The summed E-state index contributed by atoms with van der Waals surface area (Å²) < 4.78 is 13.7. The van der Waals surface area contributed by atoms with Gasteiger partial charge in [0.2, 0.25) is 12.3 Å². The molecule has 3 rings (SSSR count). The first-order valence-electron chi connectivity index (χ1n) is 9.60. The molecule has 2 aromatic carbocycles. The van der Waals surface area contributed by atoms with Crippen LogP contribution >= 0.6 is 0 Å². The SMILES string of the molecule is CC(C)=C/C(=C\N(C)C=O)c1cc2c(cc1Cc1cccc(F)c1)NC(=O)CC2. The van der Waals surface area contributed by atoms with Gasteiger partial charge in [-0.2, -0.15) is 0 Å². The van der Waals surface area contributed by atoms with E-state index in [0.29, 0.717) is 19.3 Å². The minimum atomic E-state index is -0.281. The molecule has 2 aromatic rings. The second-order valence-corrected chi connectivity index (χ2v) is 7.60. The lowest BCUT2D eigenvalue weighted by Crippen LogP contribution is -2.19. The van der Waals surface area contributed by atoms with Crippen LogP contribution < -0.4 is 5.32 Å². The van der Waals surface area contributed by atoms with E-state index in [1.165, 1.54) is 17.0 Å². The highest BCUT2D eigenvalue weighted by atomic mass is 19.1. The van der Waals surface area contributed by atoms with E-state index in [1.807, 2.05) is 32.1 Å². The number of hydrogen-bond donors (Lipinski definition) is 1. The van der Waals surface area contributed by atoms with Crippen molar-refractivity contribution in [1.29, 1.82) is 0 Å². The fourth-order valence-corrected chi connectivity index (χ4v) is 3.50. The van der Waals surface area contributed by atoms with Gasteiger partial charge in [0.25, 0.3) is 0 Å². The fourth-order valence-electron chi connectivity index (χ4n) is 3.50. The summed E-state index contributed by atoms with van der Waals surface area (Å²) in [6.07, 6.45) is 6.20. The van der Waals surface area contributed by atoms with Crippen molar-refractivity contribution in [1.82, 2.24) is 4.90 Å². The number of nitrogens with one attached hydrogen (secondary N) is 1. The zero-order valence-corrected chi connectivity index (χ0v) is 17.0. The van der Waals surface area contributed by atoms with Crippen molar-refractivity contribution in [2.75, 3.05) is 12.4 Å². The summed E-state index contributed by atoms with van der Waals surface area (Å²) in [5.41, 5.74) is 6.62. The average Bonchev–Trinajstić information content (AvgIpc) is 2.66. The molecule has 0 spiro atoms. The van der Waals surface area contributed by atoms with Crippen molar-refractivity contribution in [3.8, 4) is 0 Å². The number of benzene rings is 2. The molecule has 1 N–H and O–H groups in total. The first-order chi connectivity index (χ1) is 13.9. The maximum atomic E-state index is 13.7. The average molecular weight is 392 g/mol. The quantitative estimate of drug-likeness (QED) is 0.572. The van der Waals surface area contributed by atoms with Crippen molar-refractivity contribution in [3.05, 3.63) is 82.3 Å². The Kier molecular flexibility index (Phi) is 6.27. The summed E-state index contributed by atoms with van der Waals surface area (Å²) >= 11 is 0. The molecule has 2 amide bonds. The van der Waals surface area contributed by atoms with E-state index in [-0.39, 0.29) is 11.7 Å². The van der Waals surface area contributed by atoms with Crippen LogP contribution in [0.15, 0.2) is 54.2 Å². The Hall–Kier alpha value is -3.21. The molecule has 0 bridgehead atoms. The second kappa shape index (κ2) is 8.86. The number of rotatable bonds is 6. The Morgan fingerprint density at radius 2 is 2.00 bits per heavy atom. The fraction of sp³-hybridized carbons (Fsp3) is 0.250. The lowest BCUT2D eigenvalue weighted by atomic mass is 9.89. The van der Waals surface area contributed by atoms with Gasteiger partial charge in [-0.1, -0.05) is 23.8 Å². The van der Waals surface area contributed by atoms with Crippen molar-refractivity contribution < 1.29 is 14.0 Å². The van der Waals surface area contributed by atoms with Gasteiger partial charge in [0.05, 0.1) is 0 Å². The largest absolute Gasteiger partial charge is 0.326 e. The molecule has 0 aromatic heterocycles. The van der Waals surface area contributed by atoms with E-state index in [9.17, 15) is 14.0 Å². The molecule has 1 aliphatic rings. The van der Waals surface area contributed by atoms with E-state index < -0.39 is 0 Å². The molecule has 0 fully saturated rings. The zero-order chi connectivity index (χ0) is 21.0. The van der Waals surface area contributed by atoms with Crippen LogP contribution in [0.2, 0.25) is 0 Å². The third-order valence-corrected chi connectivity index (χ3v) is 4.77. The van der Waals surface area contributed by atoms with Crippen LogP contribution in [-0.4, -0.2) is 24.3 Å². The van der Waals surface area contributed by atoms with E-state index in [0.717, 1.165) is 45.5 Å². The van der Waals surface area contributed by atoms with Gasteiger partial charge in [-0.05, 0) is 78.8 Å². The lowest BCUT2D eigenvalue weighted by Gasteiger charge is -2.22. The molecule has 5 heteroatoms. The summed E-state index contributed by atoms with van der Waals surface area (Å²) in [5, 5.41) is 2.94. The van der Waals surface area contributed by atoms with E-state index in [2.05, 4.69) is 11.4 Å². The number of hydrogen-bond acceptors (Lipinski definition) is 2. The number of amides is 2. The number of anilines is 1. The van der Waals surface area contributed by atoms with Crippen LogP contribution in [0.1, 0.15) is 42.5 Å². The highest BCUT2D eigenvalue weighted by Gasteiger charge is 2.19. The predicted octanol–water partition coefficient (Wildman–Crippen LogP) is 4.70. The summed E-state index contributed by atoms with van der Waals surface area (Å²) in [6.45, 7) is 4.00. The minimum absolute atomic E-state index is 0.00251. The molecule has 29 heavy (non-hydrogen) atoms. The van der Waals surface area contributed by atoms with E-state index in [1.54, 1.807) is 19.3 Å². The van der Waals surface area contributed by atoms with Crippen LogP contribution in [0.25, 0.3) is 5.57 Å². The maximum absolute atomic E-state index is 13.7. The van der Waals surface area contributed by atoms with Crippen molar-refractivity contribution in [3.63, 3.8) is 0 Å². The molecule has 0 aliphatic carbocycles. The van der Waals surface area contributed by atoms with Crippen LogP contribution in [0.4, 0.5) is 10.1 Å². The Bertz CT molecular complexity index is 1000. The highest BCUT2D eigenvalue weighted by molar-refractivity contribution is 5.95. The molecule has 0 radical (unpaired) electrons. The first-order valence-corrected chi connectivity index (χ1v) is 9.60. The van der Waals surface area contributed by atoms with Gasteiger partial charge in [0, 0.05) is 25.4 Å². The Balaban J connectivity index is 2.16. The number of halogens is 1. The standard InChI is InChI=1S/C24H25FN2O2/c1-16(2)9-20(14-27(3)15-28)22-12-18-7-8-24(29)26-23(18)13-19(22)10-17-5-4-6-21(25)11-17/h4-6,9,11-15H,7-8,10H2,1-3H3,(H,26,29)/b20-14+. The number of allylic oxidation sites excluding steroid dienone is 3. The minimum Gasteiger partial charge on any atom is -0.326 e. The molecule has 1 heterocycles. The molecule has 150 valence electrons. The molecular formula is C24H25FN2O2.